The lowest BCUT2D eigenvalue weighted by Gasteiger charge is -2.30. The molecule has 1 saturated heterocycles. The van der Waals surface area contributed by atoms with Gasteiger partial charge in [0.05, 0.1) is 19.1 Å². The minimum Gasteiger partial charge on any atom is -0.484 e. The standard InChI is InChI=1S/C17H25BrN2O2/c1-14-5-2-3-11-20(14)12-4-10-19-17(21)13-22-16-8-6-15(18)7-9-16/h6-9,14H,2-5,10-13H2,1H3,(H,19,21)/p+1/t14-/m0/s1. The molecule has 4 nitrogen and oxygen atoms in total. The van der Waals surface area contributed by atoms with Crippen LogP contribution in [0, 0.1) is 0 Å². The number of carbonyl (C=O) groups is 1. The van der Waals surface area contributed by atoms with Crippen molar-refractivity contribution in [3.63, 3.8) is 0 Å². The van der Waals surface area contributed by atoms with Crippen LogP contribution in [-0.4, -0.2) is 38.2 Å². The fraction of sp³-hybridized carbons (Fsp3) is 0.588. The highest BCUT2D eigenvalue weighted by atomic mass is 79.9. The highest BCUT2D eigenvalue weighted by Crippen LogP contribution is 2.15. The van der Waals surface area contributed by atoms with Gasteiger partial charge in [0, 0.05) is 17.4 Å². The van der Waals surface area contributed by atoms with Crippen molar-refractivity contribution in [2.24, 2.45) is 0 Å². The molecule has 1 aliphatic heterocycles. The zero-order valence-corrected chi connectivity index (χ0v) is 14.8. The van der Waals surface area contributed by atoms with Crippen LogP contribution in [-0.2, 0) is 4.79 Å². The molecule has 122 valence electrons. The van der Waals surface area contributed by atoms with Crippen LogP contribution in [0.2, 0.25) is 0 Å². The number of amides is 1. The van der Waals surface area contributed by atoms with Crippen molar-refractivity contribution in [1.29, 1.82) is 0 Å². The molecule has 1 amide bonds. The van der Waals surface area contributed by atoms with Gasteiger partial charge in [0.1, 0.15) is 5.75 Å². The number of halogens is 1. The normalized spacial score (nSPS) is 21.4. The van der Waals surface area contributed by atoms with Gasteiger partial charge in [-0.3, -0.25) is 4.79 Å². The van der Waals surface area contributed by atoms with E-state index in [2.05, 4.69) is 28.2 Å². The van der Waals surface area contributed by atoms with Crippen molar-refractivity contribution in [1.82, 2.24) is 5.32 Å². The number of likely N-dealkylation sites (tertiary alicyclic amines) is 1. The summed E-state index contributed by atoms with van der Waals surface area (Å²) in [7, 11) is 0. The van der Waals surface area contributed by atoms with Gasteiger partial charge < -0.3 is 15.0 Å². The van der Waals surface area contributed by atoms with E-state index in [0.717, 1.165) is 30.0 Å². The summed E-state index contributed by atoms with van der Waals surface area (Å²) < 4.78 is 6.45. The highest BCUT2D eigenvalue weighted by molar-refractivity contribution is 9.10. The Hall–Kier alpha value is -1.07. The lowest BCUT2D eigenvalue weighted by Crippen LogP contribution is -3.16. The van der Waals surface area contributed by atoms with Crippen LogP contribution < -0.4 is 15.0 Å². The molecule has 1 aromatic carbocycles. The molecule has 5 heteroatoms. The van der Waals surface area contributed by atoms with Crippen LogP contribution in [0.1, 0.15) is 32.6 Å². The second-order valence-electron chi connectivity index (χ2n) is 6.00. The van der Waals surface area contributed by atoms with Crippen LogP contribution in [0.15, 0.2) is 28.7 Å². The number of hydrogen-bond acceptors (Lipinski definition) is 2. The lowest BCUT2D eigenvalue weighted by molar-refractivity contribution is -0.928. The average molecular weight is 370 g/mol. The number of piperidine rings is 1. The van der Waals surface area contributed by atoms with Crippen LogP contribution in [0.4, 0.5) is 0 Å². The average Bonchev–Trinajstić information content (AvgIpc) is 2.52. The van der Waals surface area contributed by atoms with E-state index < -0.39 is 0 Å². The predicted octanol–water partition coefficient (Wildman–Crippen LogP) is 1.79. The van der Waals surface area contributed by atoms with E-state index in [1.807, 2.05) is 24.3 Å². The molecule has 1 aliphatic rings. The molecular formula is C17H26BrN2O2+. The molecule has 1 unspecified atom stereocenters. The number of ether oxygens (including phenoxy) is 1. The van der Waals surface area contributed by atoms with Crippen molar-refractivity contribution in [3.8, 4) is 5.75 Å². The van der Waals surface area contributed by atoms with E-state index in [1.54, 1.807) is 4.90 Å². The Bertz CT molecular complexity index is 464. The van der Waals surface area contributed by atoms with Gasteiger partial charge in [-0.15, -0.1) is 0 Å². The lowest BCUT2D eigenvalue weighted by atomic mass is 10.0. The maximum atomic E-state index is 11.7. The molecule has 0 saturated carbocycles. The van der Waals surface area contributed by atoms with E-state index >= 15 is 0 Å². The largest absolute Gasteiger partial charge is 0.484 e. The van der Waals surface area contributed by atoms with Crippen LogP contribution in [0.3, 0.4) is 0 Å². The first-order chi connectivity index (χ1) is 10.6. The Labute approximate surface area is 141 Å². The summed E-state index contributed by atoms with van der Waals surface area (Å²) in [4.78, 5) is 13.4. The second-order valence-corrected chi connectivity index (χ2v) is 6.92. The minimum absolute atomic E-state index is 0.0513. The summed E-state index contributed by atoms with van der Waals surface area (Å²) in [6, 6.07) is 8.26. The molecule has 0 spiro atoms. The number of benzene rings is 1. The molecular weight excluding hydrogens is 344 g/mol. The Kier molecular flexibility index (Phi) is 7.19. The summed E-state index contributed by atoms with van der Waals surface area (Å²) in [5.41, 5.74) is 0. The third-order valence-electron chi connectivity index (χ3n) is 4.26. The first kappa shape index (κ1) is 17.3. The molecule has 1 fully saturated rings. The van der Waals surface area contributed by atoms with Crippen LogP contribution in [0.5, 0.6) is 5.75 Å². The number of rotatable bonds is 7. The molecule has 0 radical (unpaired) electrons. The SMILES string of the molecule is C[C@H]1CCCC[NH+]1CCCNC(=O)COc1ccc(Br)cc1. The van der Waals surface area contributed by atoms with Crippen LogP contribution in [0.25, 0.3) is 0 Å². The summed E-state index contributed by atoms with van der Waals surface area (Å²) in [5, 5.41) is 2.93. The van der Waals surface area contributed by atoms with E-state index in [0.29, 0.717) is 5.75 Å². The maximum Gasteiger partial charge on any atom is 0.257 e. The number of nitrogens with one attached hydrogen (secondary N) is 2. The summed E-state index contributed by atoms with van der Waals surface area (Å²) in [5.74, 6) is 0.662. The zero-order valence-electron chi connectivity index (χ0n) is 13.2. The number of hydrogen-bond donors (Lipinski definition) is 2. The van der Waals surface area contributed by atoms with Crippen LogP contribution >= 0.6 is 15.9 Å². The van der Waals surface area contributed by atoms with Gasteiger partial charge in [-0.05, 0) is 50.5 Å². The molecule has 1 aromatic rings. The van der Waals surface area contributed by atoms with Gasteiger partial charge in [0.15, 0.2) is 6.61 Å². The molecule has 2 rings (SSSR count). The smallest absolute Gasteiger partial charge is 0.257 e. The topological polar surface area (TPSA) is 42.8 Å². The minimum atomic E-state index is -0.0513. The fourth-order valence-corrected chi connectivity index (χ4v) is 3.16. The monoisotopic (exact) mass is 369 g/mol. The fourth-order valence-electron chi connectivity index (χ4n) is 2.90. The number of quaternary nitrogens is 1. The highest BCUT2D eigenvalue weighted by Gasteiger charge is 2.20. The van der Waals surface area contributed by atoms with Gasteiger partial charge in [-0.2, -0.15) is 0 Å². The molecule has 2 N–H and O–H groups in total. The van der Waals surface area contributed by atoms with E-state index in [4.69, 9.17) is 4.74 Å². The van der Waals surface area contributed by atoms with Crippen molar-refractivity contribution >= 4 is 21.8 Å². The van der Waals surface area contributed by atoms with Gasteiger partial charge in [0.25, 0.3) is 5.91 Å². The van der Waals surface area contributed by atoms with Crippen molar-refractivity contribution in [2.75, 3.05) is 26.2 Å². The third kappa shape index (κ3) is 5.97. The quantitative estimate of drug-likeness (QED) is 0.719. The van der Waals surface area contributed by atoms with Gasteiger partial charge in [0.2, 0.25) is 0 Å². The Morgan fingerprint density at radius 3 is 2.86 bits per heavy atom. The van der Waals surface area contributed by atoms with E-state index in [-0.39, 0.29) is 12.5 Å². The van der Waals surface area contributed by atoms with Crippen molar-refractivity contribution in [2.45, 2.75) is 38.6 Å². The second kappa shape index (κ2) is 9.16. The Morgan fingerprint density at radius 2 is 2.14 bits per heavy atom. The van der Waals surface area contributed by atoms with Gasteiger partial charge in [-0.1, -0.05) is 15.9 Å². The third-order valence-corrected chi connectivity index (χ3v) is 4.79. The zero-order chi connectivity index (χ0) is 15.8. The molecule has 0 aromatic heterocycles. The van der Waals surface area contributed by atoms with E-state index in [1.165, 1.54) is 25.8 Å². The molecule has 2 atom stereocenters. The van der Waals surface area contributed by atoms with Gasteiger partial charge >= 0.3 is 0 Å². The first-order valence-electron chi connectivity index (χ1n) is 8.15. The Balaban J connectivity index is 1.56. The maximum absolute atomic E-state index is 11.7. The molecule has 0 aliphatic carbocycles. The molecule has 22 heavy (non-hydrogen) atoms. The van der Waals surface area contributed by atoms with Gasteiger partial charge in [-0.25, -0.2) is 0 Å². The molecule has 1 heterocycles. The molecule has 0 bridgehead atoms. The summed E-state index contributed by atoms with van der Waals surface area (Å²) in [6.07, 6.45) is 5.08. The summed E-state index contributed by atoms with van der Waals surface area (Å²) >= 11 is 3.37. The van der Waals surface area contributed by atoms with E-state index in [9.17, 15) is 4.79 Å². The van der Waals surface area contributed by atoms with Crippen molar-refractivity contribution in [3.05, 3.63) is 28.7 Å². The summed E-state index contributed by atoms with van der Waals surface area (Å²) in [6.45, 7) is 5.57. The first-order valence-corrected chi connectivity index (χ1v) is 8.94. The Morgan fingerprint density at radius 1 is 1.36 bits per heavy atom. The van der Waals surface area contributed by atoms with Crippen molar-refractivity contribution < 1.29 is 14.4 Å². The number of carbonyl (C=O) groups excluding carboxylic acids is 1. The predicted molar refractivity (Wildman–Crippen MR) is 91.3 cm³/mol.